The van der Waals surface area contributed by atoms with Crippen LogP contribution in [0.15, 0.2) is 24.3 Å². The molecule has 12 nitrogen and oxygen atoms in total. The van der Waals surface area contributed by atoms with Crippen molar-refractivity contribution < 1.29 is 19.7 Å². The summed E-state index contributed by atoms with van der Waals surface area (Å²) in [6.45, 7) is 10.7. The molecule has 1 aromatic carbocycles. The van der Waals surface area contributed by atoms with Crippen molar-refractivity contribution in [2.45, 2.75) is 94.9 Å². The highest BCUT2D eigenvalue weighted by molar-refractivity contribution is 5.89. The maximum Gasteiger partial charge on any atom is 0.319 e. The average Bonchev–Trinajstić information content (AvgIpc) is 3.43. The van der Waals surface area contributed by atoms with Crippen LogP contribution in [0.1, 0.15) is 46.1 Å². The Labute approximate surface area is 232 Å². The van der Waals surface area contributed by atoms with Crippen LogP contribution < -0.4 is 32.3 Å². The molecule has 39 heavy (non-hydrogen) atoms. The summed E-state index contributed by atoms with van der Waals surface area (Å²) in [4.78, 5) is 16.7. The molecule has 0 aliphatic carbocycles. The number of ether oxygens (including phenoxy) is 1. The van der Waals surface area contributed by atoms with Crippen LogP contribution in [0.5, 0.6) is 0 Å². The summed E-state index contributed by atoms with van der Waals surface area (Å²) in [6.07, 6.45) is -1.95. The van der Waals surface area contributed by atoms with Gasteiger partial charge < -0.3 is 36.2 Å². The molecule has 2 amide bonds. The van der Waals surface area contributed by atoms with Gasteiger partial charge in [0.25, 0.3) is 0 Å². The van der Waals surface area contributed by atoms with E-state index in [4.69, 9.17) is 10.5 Å². The maximum atomic E-state index is 12.6. The minimum atomic E-state index is -1.02. The van der Waals surface area contributed by atoms with E-state index in [1.54, 1.807) is 0 Å². The van der Waals surface area contributed by atoms with E-state index in [0.717, 1.165) is 18.5 Å². The summed E-state index contributed by atoms with van der Waals surface area (Å²) < 4.78 is 6.18. The Balaban J connectivity index is 1.22. The van der Waals surface area contributed by atoms with E-state index in [9.17, 15) is 15.0 Å². The van der Waals surface area contributed by atoms with Gasteiger partial charge in [-0.25, -0.2) is 9.69 Å². The lowest BCUT2D eigenvalue weighted by Gasteiger charge is -2.38. The Morgan fingerprint density at radius 3 is 2.59 bits per heavy atom. The van der Waals surface area contributed by atoms with Gasteiger partial charge in [0.2, 0.25) is 0 Å². The van der Waals surface area contributed by atoms with Crippen molar-refractivity contribution in [2.24, 2.45) is 5.73 Å². The second-order valence-electron chi connectivity index (χ2n) is 12.1. The normalized spacial score (nSPS) is 32.3. The Bertz CT molecular complexity index is 945. The number of carbonyl (C=O) groups is 1. The molecule has 220 valence electrons. The molecule has 3 aliphatic heterocycles. The number of urea groups is 1. The zero-order chi connectivity index (χ0) is 28.3. The van der Waals surface area contributed by atoms with Gasteiger partial charge in [0.05, 0.1) is 25.0 Å². The quantitative estimate of drug-likeness (QED) is 0.205. The predicted molar refractivity (Wildman–Crippen MR) is 151 cm³/mol. The third kappa shape index (κ3) is 7.26. The third-order valence-corrected chi connectivity index (χ3v) is 8.09. The Hall–Kier alpha value is -1.87. The van der Waals surface area contributed by atoms with Gasteiger partial charge in [-0.15, -0.1) is 0 Å². The number of rotatable bonds is 9. The van der Waals surface area contributed by atoms with Gasteiger partial charge in [-0.3, -0.25) is 16.0 Å². The average molecular weight is 549 g/mol. The first-order valence-electron chi connectivity index (χ1n) is 14.1. The fraction of sp³-hybridized carbons (Fsp3) is 0.741. The monoisotopic (exact) mass is 548 g/mol. The standard InChI is InChI=1S/C27H48N8O4/c1-6-17(32-26(38)33-18-9-7-16(8-10-18)27(2,3)4)11-12-34(5)13-19-21(36)22(37)25(39-19)35-15-31-20-23(28)29-14-30-24(20)35/h7-10,17,19-25,29-31,36-37H,6,11-15,28H2,1-5H3,(H2,32,33,38)/t17-,19-,20?,21-,22-,23?,24?,25-/m1/s1. The third-order valence-electron chi connectivity index (χ3n) is 8.09. The Morgan fingerprint density at radius 1 is 1.21 bits per heavy atom. The number of amides is 2. The molecule has 0 bridgehead atoms. The van der Waals surface area contributed by atoms with E-state index in [1.165, 1.54) is 5.56 Å². The molecule has 4 rings (SSSR count). The number of benzene rings is 1. The number of carbonyl (C=O) groups excluding carboxylic acids is 1. The van der Waals surface area contributed by atoms with Crippen molar-refractivity contribution in [2.75, 3.05) is 38.8 Å². The molecule has 3 heterocycles. The van der Waals surface area contributed by atoms with Crippen LogP contribution in [-0.2, 0) is 10.2 Å². The van der Waals surface area contributed by atoms with Crippen LogP contribution >= 0.6 is 0 Å². The number of hydrogen-bond donors (Lipinski definition) is 8. The summed E-state index contributed by atoms with van der Waals surface area (Å²) in [5, 5.41) is 37.4. The second kappa shape index (κ2) is 12.8. The number of fused-ring (bicyclic) bond motifs is 1. The number of nitrogens with one attached hydrogen (secondary N) is 5. The number of hydrogen-bond acceptors (Lipinski definition) is 10. The fourth-order valence-corrected chi connectivity index (χ4v) is 5.56. The van der Waals surface area contributed by atoms with E-state index < -0.39 is 24.5 Å². The molecule has 9 N–H and O–H groups in total. The van der Waals surface area contributed by atoms with E-state index >= 15 is 0 Å². The molecular weight excluding hydrogens is 500 g/mol. The van der Waals surface area contributed by atoms with Crippen LogP contribution in [-0.4, -0.2) is 108 Å². The summed E-state index contributed by atoms with van der Waals surface area (Å²) in [5.41, 5.74) is 8.20. The molecule has 0 spiro atoms. The molecular formula is C27H48N8O4. The first kappa shape index (κ1) is 30.1. The summed E-state index contributed by atoms with van der Waals surface area (Å²) in [7, 11) is 1.96. The zero-order valence-corrected chi connectivity index (χ0v) is 23.9. The topological polar surface area (TPSA) is 159 Å². The fourth-order valence-electron chi connectivity index (χ4n) is 5.56. The predicted octanol–water partition coefficient (Wildman–Crippen LogP) is -0.355. The van der Waals surface area contributed by atoms with Crippen LogP contribution in [0.3, 0.4) is 0 Å². The zero-order valence-electron chi connectivity index (χ0n) is 23.9. The first-order chi connectivity index (χ1) is 18.5. The van der Waals surface area contributed by atoms with E-state index in [1.807, 2.05) is 43.1 Å². The number of anilines is 1. The van der Waals surface area contributed by atoms with Gasteiger partial charge in [-0.2, -0.15) is 0 Å². The van der Waals surface area contributed by atoms with Crippen molar-refractivity contribution >= 4 is 11.7 Å². The van der Waals surface area contributed by atoms with Crippen molar-refractivity contribution in [1.29, 1.82) is 0 Å². The number of likely N-dealkylation sites (N-methyl/N-ethyl adjacent to an activating group) is 1. The molecule has 3 fully saturated rings. The van der Waals surface area contributed by atoms with Gasteiger partial charge >= 0.3 is 6.03 Å². The maximum absolute atomic E-state index is 12.6. The second-order valence-corrected chi connectivity index (χ2v) is 12.1. The molecule has 1 aromatic rings. The van der Waals surface area contributed by atoms with Crippen LogP contribution in [0.25, 0.3) is 0 Å². The van der Waals surface area contributed by atoms with E-state index in [2.05, 4.69) is 52.3 Å². The van der Waals surface area contributed by atoms with Crippen LogP contribution in [0.4, 0.5) is 10.5 Å². The Kier molecular flexibility index (Phi) is 9.84. The largest absolute Gasteiger partial charge is 0.387 e. The van der Waals surface area contributed by atoms with Crippen molar-refractivity contribution in [1.82, 2.24) is 31.1 Å². The molecule has 0 aromatic heterocycles. The smallest absolute Gasteiger partial charge is 0.319 e. The Morgan fingerprint density at radius 2 is 1.92 bits per heavy atom. The van der Waals surface area contributed by atoms with Crippen molar-refractivity contribution in [3.63, 3.8) is 0 Å². The molecule has 3 unspecified atom stereocenters. The first-order valence-corrected chi connectivity index (χ1v) is 14.1. The lowest BCUT2D eigenvalue weighted by Crippen LogP contribution is -2.68. The summed E-state index contributed by atoms with van der Waals surface area (Å²) in [5.74, 6) is 0. The van der Waals surface area contributed by atoms with Crippen LogP contribution in [0, 0.1) is 0 Å². The molecule has 12 heteroatoms. The molecule has 0 saturated carbocycles. The highest BCUT2D eigenvalue weighted by Gasteiger charge is 2.51. The highest BCUT2D eigenvalue weighted by Crippen LogP contribution is 2.29. The SMILES string of the molecule is CC[C@H](CCN(C)C[C@H]1O[C@@H](N2CNC3C(N)NCNC32)[C@H](O)[C@@H]1O)NC(=O)Nc1ccc(C(C)(C)C)cc1. The lowest BCUT2D eigenvalue weighted by molar-refractivity contribution is -0.106. The van der Waals surface area contributed by atoms with Gasteiger partial charge in [0, 0.05) is 24.9 Å². The lowest BCUT2D eigenvalue weighted by atomic mass is 9.87. The van der Waals surface area contributed by atoms with E-state index in [-0.39, 0.29) is 35.9 Å². The van der Waals surface area contributed by atoms with Gasteiger partial charge in [0.1, 0.15) is 24.5 Å². The number of nitrogens with zero attached hydrogens (tertiary/aromatic N) is 2. The summed E-state index contributed by atoms with van der Waals surface area (Å²) in [6, 6.07) is 7.69. The minimum Gasteiger partial charge on any atom is -0.387 e. The number of aliphatic hydroxyl groups is 2. The van der Waals surface area contributed by atoms with Gasteiger partial charge in [0.15, 0.2) is 0 Å². The van der Waals surface area contributed by atoms with Gasteiger partial charge in [-0.1, -0.05) is 39.8 Å². The van der Waals surface area contributed by atoms with Crippen molar-refractivity contribution in [3.05, 3.63) is 29.8 Å². The molecule has 3 saturated heterocycles. The summed E-state index contributed by atoms with van der Waals surface area (Å²) >= 11 is 0. The molecule has 8 atom stereocenters. The van der Waals surface area contributed by atoms with Crippen LogP contribution in [0.2, 0.25) is 0 Å². The van der Waals surface area contributed by atoms with Gasteiger partial charge in [-0.05, 0) is 49.5 Å². The van der Waals surface area contributed by atoms with Crippen molar-refractivity contribution in [3.8, 4) is 0 Å². The molecule has 0 radical (unpaired) electrons. The van der Waals surface area contributed by atoms with E-state index in [0.29, 0.717) is 26.4 Å². The number of nitrogens with two attached hydrogens (primary N) is 1. The molecule has 3 aliphatic rings. The minimum absolute atomic E-state index is 0.00291. The highest BCUT2D eigenvalue weighted by atomic mass is 16.6. The number of aliphatic hydroxyl groups excluding tert-OH is 2.